The van der Waals surface area contributed by atoms with E-state index in [2.05, 4.69) is 9.97 Å². The number of aromatic nitrogens is 2. The highest BCUT2D eigenvalue weighted by molar-refractivity contribution is 6.34. The number of nitrogens with zero attached hydrogens (tertiary/aromatic N) is 2. The summed E-state index contributed by atoms with van der Waals surface area (Å²) >= 11 is 5.98. The molecule has 2 rings (SSSR count). The number of aromatic hydroxyl groups is 1. The van der Waals surface area contributed by atoms with Crippen molar-refractivity contribution in [2.24, 2.45) is 5.73 Å². The topological polar surface area (TPSA) is 72.0 Å². The van der Waals surface area contributed by atoms with Crippen LogP contribution in [0.25, 0.3) is 10.9 Å². The van der Waals surface area contributed by atoms with Crippen LogP contribution >= 0.6 is 11.6 Å². The van der Waals surface area contributed by atoms with Gasteiger partial charge in [-0.05, 0) is 18.7 Å². The zero-order valence-electron chi connectivity index (χ0n) is 7.94. The molecule has 0 amide bonds. The van der Waals surface area contributed by atoms with Crippen LogP contribution in [0.15, 0.2) is 18.2 Å². The van der Waals surface area contributed by atoms with E-state index in [1.165, 1.54) is 0 Å². The van der Waals surface area contributed by atoms with Gasteiger partial charge in [-0.2, -0.15) is 0 Å². The van der Waals surface area contributed by atoms with Gasteiger partial charge >= 0.3 is 0 Å². The Morgan fingerprint density at radius 3 is 2.87 bits per heavy atom. The van der Waals surface area contributed by atoms with E-state index in [0.717, 1.165) is 5.39 Å². The highest BCUT2D eigenvalue weighted by atomic mass is 35.5. The molecule has 0 aliphatic rings. The summed E-state index contributed by atoms with van der Waals surface area (Å²) in [6, 6.07) is 4.81. The summed E-state index contributed by atoms with van der Waals surface area (Å²) in [5.74, 6) is 0.761. The summed E-state index contributed by atoms with van der Waals surface area (Å²) in [4.78, 5) is 8.36. The van der Waals surface area contributed by atoms with Crippen LogP contribution in [0.3, 0.4) is 0 Å². The summed E-state index contributed by atoms with van der Waals surface area (Å²) in [5, 5.41) is 10.4. The first kappa shape index (κ1) is 10.1. The van der Waals surface area contributed by atoms with Gasteiger partial charge in [0.1, 0.15) is 16.7 Å². The Morgan fingerprint density at radius 1 is 1.33 bits per heavy atom. The van der Waals surface area contributed by atoms with Crippen molar-refractivity contribution in [3.63, 3.8) is 0 Å². The van der Waals surface area contributed by atoms with Crippen LogP contribution in [-0.2, 0) is 6.42 Å². The highest BCUT2D eigenvalue weighted by Gasteiger charge is 2.05. The van der Waals surface area contributed by atoms with E-state index >= 15 is 0 Å². The molecule has 15 heavy (non-hydrogen) atoms. The Morgan fingerprint density at radius 2 is 2.13 bits per heavy atom. The van der Waals surface area contributed by atoms with Crippen molar-refractivity contribution in [2.45, 2.75) is 6.42 Å². The Bertz CT molecular complexity index is 501. The molecular weight excluding hydrogens is 214 g/mol. The van der Waals surface area contributed by atoms with Gasteiger partial charge in [0, 0.05) is 17.9 Å². The molecule has 0 unspecified atom stereocenters. The number of hydrogen-bond acceptors (Lipinski definition) is 4. The van der Waals surface area contributed by atoms with E-state index < -0.39 is 0 Å². The second-order valence-electron chi connectivity index (χ2n) is 3.17. The average molecular weight is 224 g/mol. The van der Waals surface area contributed by atoms with E-state index in [-0.39, 0.29) is 5.75 Å². The Balaban J connectivity index is 2.63. The zero-order valence-corrected chi connectivity index (χ0v) is 8.70. The summed E-state index contributed by atoms with van der Waals surface area (Å²) < 4.78 is 0. The molecule has 0 radical (unpaired) electrons. The molecule has 1 aromatic carbocycles. The molecule has 0 fully saturated rings. The molecule has 78 valence electrons. The number of rotatable bonds is 2. The molecule has 0 bridgehead atoms. The minimum absolute atomic E-state index is 0.163. The first-order valence-corrected chi connectivity index (χ1v) is 4.93. The van der Waals surface area contributed by atoms with E-state index in [4.69, 9.17) is 17.3 Å². The van der Waals surface area contributed by atoms with Gasteiger partial charge in [-0.15, -0.1) is 0 Å². The maximum atomic E-state index is 9.31. The van der Waals surface area contributed by atoms with Crippen LogP contribution < -0.4 is 5.73 Å². The quantitative estimate of drug-likeness (QED) is 0.757. The third-order valence-corrected chi connectivity index (χ3v) is 2.34. The van der Waals surface area contributed by atoms with Crippen molar-refractivity contribution in [1.82, 2.24) is 9.97 Å². The molecule has 0 atom stereocenters. The number of fused-ring (bicyclic) bond motifs is 1. The van der Waals surface area contributed by atoms with Crippen LogP contribution in [0.1, 0.15) is 5.82 Å². The van der Waals surface area contributed by atoms with Crippen molar-refractivity contribution >= 4 is 22.5 Å². The van der Waals surface area contributed by atoms with Gasteiger partial charge in [-0.3, -0.25) is 0 Å². The molecule has 1 heterocycles. The Hall–Kier alpha value is -1.39. The van der Waals surface area contributed by atoms with Gasteiger partial charge < -0.3 is 10.8 Å². The zero-order chi connectivity index (χ0) is 10.8. The average Bonchev–Trinajstić information content (AvgIpc) is 2.17. The molecular formula is C10H10ClN3O. The van der Waals surface area contributed by atoms with Crippen molar-refractivity contribution in [2.75, 3.05) is 6.54 Å². The first-order chi connectivity index (χ1) is 7.20. The number of phenols is 1. The monoisotopic (exact) mass is 223 g/mol. The molecule has 2 aromatic rings. The van der Waals surface area contributed by atoms with E-state index in [9.17, 15) is 5.11 Å². The van der Waals surface area contributed by atoms with Gasteiger partial charge in [0.25, 0.3) is 0 Å². The number of hydrogen-bond donors (Lipinski definition) is 2. The molecule has 1 aromatic heterocycles. The van der Waals surface area contributed by atoms with Crippen LogP contribution in [0, 0.1) is 0 Å². The second-order valence-corrected chi connectivity index (χ2v) is 3.53. The lowest BCUT2D eigenvalue weighted by atomic mass is 10.2. The van der Waals surface area contributed by atoms with E-state index in [0.29, 0.717) is 29.5 Å². The van der Waals surface area contributed by atoms with Crippen molar-refractivity contribution in [3.8, 4) is 5.75 Å². The highest BCUT2D eigenvalue weighted by Crippen LogP contribution is 2.23. The third-order valence-electron chi connectivity index (χ3n) is 2.05. The lowest BCUT2D eigenvalue weighted by Gasteiger charge is -2.03. The van der Waals surface area contributed by atoms with E-state index in [1.807, 2.05) is 0 Å². The van der Waals surface area contributed by atoms with Crippen LogP contribution in [0.5, 0.6) is 5.75 Å². The molecule has 3 N–H and O–H groups in total. The van der Waals surface area contributed by atoms with Gasteiger partial charge in [-0.25, -0.2) is 9.97 Å². The third kappa shape index (κ3) is 2.00. The molecule has 0 saturated heterocycles. The predicted molar refractivity (Wildman–Crippen MR) is 59.0 cm³/mol. The van der Waals surface area contributed by atoms with Crippen molar-refractivity contribution in [1.29, 1.82) is 0 Å². The van der Waals surface area contributed by atoms with Gasteiger partial charge in [0.2, 0.25) is 0 Å². The Labute approximate surface area is 91.7 Å². The van der Waals surface area contributed by atoms with E-state index in [1.54, 1.807) is 18.2 Å². The standard InChI is InChI=1S/C10H10ClN3O/c11-10-7-2-1-6(15)5-8(7)13-9(14-10)3-4-12/h1-2,5,15H,3-4,12H2. The molecule has 0 aliphatic carbocycles. The second kappa shape index (κ2) is 4.00. The van der Waals surface area contributed by atoms with Gasteiger partial charge in [0.15, 0.2) is 0 Å². The normalized spacial score (nSPS) is 10.8. The minimum Gasteiger partial charge on any atom is -0.508 e. The number of benzene rings is 1. The molecule has 5 heteroatoms. The van der Waals surface area contributed by atoms with Crippen molar-refractivity contribution in [3.05, 3.63) is 29.2 Å². The molecule has 0 spiro atoms. The SMILES string of the molecule is NCCc1nc(Cl)c2ccc(O)cc2n1. The lowest BCUT2D eigenvalue weighted by Crippen LogP contribution is -2.06. The fourth-order valence-corrected chi connectivity index (χ4v) is 1.62. The smallest absolute Gasteiger partial charge is 0.140 e. The summed E-state index contributed by atoms with van der Waals surface area (Å²) in [6.07, 6.45) is 0.575. The largest absolute Gasteiger partial charge is 0.508 e. The van der Waals surface area contributed by atoms with Crippen LogP contribution in [0.4, 0.5) is 0 Å². The van der Waals surface area contributed by atoms with Crippen molar-refractivity contribution < 1.29 is 5.11 Å². The number of phenolic OH excluding ortho intramolecular Hbond substituents is 1. The molecule has 0 saturated carbocycles. The minimum atomic E-state index is 0.163. The lowest BCUT2D eigenvalue weighted by molar-refractivity contribution is 0.476. The summed E-state index contributed by atoms with van der Waals surface area (Å²) in [6.45, 7) is 0.473. The molecule has 4 nitrogen and oxygen atoms in total. The fraction of sp³-hybridized carbons (Fsp3) is 0.200. The fourth-order valence-electron chi connectivity index (χ4n) is 1.37. The summed E-state index contributed by atoms with van der Waals surface area (Å²) in [5.41, 5.74) is 6.05. The first-order valence-electron chi connectivity index (χ1n) is 4.56. The Kier molecular flexibility index (Phi) is 2.70. The summed E-state index contributed by atoms with van der Waals surface area (Å²) in [7, 11) is 0. The maximum Gasteiger partial charge on any atom is 0.140 e. The van der Waals surface area contributed by atoms with Gasteiger partial charge in [0.05, 0.1) is 5.52 Å². The van der Waals surface area contributed by atoms with Crippen LogP contribution in [0.2, 0.25) is 5.15 Å². The maximum absolute atomic E-state index is 9.31. The molecule has 0 aliphatic heterocycles. The number of halogens is 1. The number of nitrogens with two attached hydrogens (primary N) is 1. The predicted octanol–water partition coefficient (Wildman–Crippen LogP) is 1.49. The van der Waals surface area contributed by atoms with Gasteiger partial charge in [-0.1, -0.05) is 11.6 Å². The van der Waals surface area contributed by atoms with Crippen LogP contribution in [-0.4, -0.2) is 21.6 Å².